The number of nitrogens with two attached hydrogens (primary N) is 1. The molecule has 23 heavy (non-hydrogen) atoms. The van der Waals surface area contributed by atoms with Crippen LogP contribution in [0, 0.1) is 5.92 Å². The van der Waals surface area contributed by atoms with Gasteiger partial charge in [0.05, 0.1) is 15.8 Å². The van der Waals surface area contributed by atoms with Crippen molar-refractivity contribution >= 4 is 38.5 Å². The van der Waals surface area contributed by atoms with E-state index in [1.807, 2.05) is 24.1 Å². The second-order valence-corrected chi connectivity index (χ2v) is 7.02. The molecule has 0 spiro atoms. The number of carbonyl (C=O) groups excluding carboxylic acids is 2. The van der Waals surface area contributed by atoms with Gasteiger partial charge >= 0.3 is 0 Å². The zero-order valence-corrected chi connectivity index (χ0v) is 14.1. The molecule has 3 rings (SSSR count). The summed E-state index contributed by atoms with van der Waals surface area (Å²) in [6.45, 7) is 4.09. The molecule has 0 radical (unpaired) electrons. The van der Waals surface area contributed by atoms with Crippen LogP contribution in [0.4, 0.5) is 5.13 Å². The maximum absolute atomic E-state index is 11.5. The third-order valence-electron chi connectivity index (χ3n) is 4.26. The van der Waals surface area contributed by atoms with Gasteiger partial charge in [0.1, 0.15) is 0 Å². The Labute approximate surface area is 138 Å². The Bertz CT molecular complexity index is 758. The van der Waals surface area contributed by atoms with Crippen LogP contribution in [0.5, 0.6) is 0 Å². The standard InChI is InChI=1S/C16H20N4O2S/c1-10(21)20-7-6-11(9-20)8-19(2)16-18-14-12(15(17)22)4-3-5-13(14)23-16/h3-5,11H,6-9H2,1-2H3,(H2,17,22). The highest BCUT2D eigenvalue weighted by Gasteiger charge is 2.26. The molecule has 1 aliphatic heterocycles. The summed E-state index contributed by atoms with van der Waals surface area (Å²) in [4.78, 5) is 31.5. The third kappa shape index (κ3) is 3.14. The summed E-state index contributed by atoms with van der Waals surface area (Å²) in [6, 6.07) is 5.48. The van der Waals surface area contributed by atoms with Crippen LogP contribution < -0.4 is 10.6 Å². The van der Waals surface area contributed by atoms with E-state index in [1.165, 1.54) is 0 Å². The fraction of sp³-hybridized carbons (Fsp3) is 0.438. The zero-order chi connectivity index (χ0) is 16.6. The van der Waals surface area contributed by atoms with E-state index in [9.17, 15) is 9.59 Å². The van der Waals surface area contributed by atoms with Gasteiger partial charge in [0.25, 0.3) is 5.91 Å². The van der Waals surface area contributed by atoms with Gasteiger partial charge in [-0.05, 0) is 24.5 Å². The average Bonchev–Trinajstić information content (AvgIpc) is 3.12. The Morgan fingerprint density at radius 3 is 2.91 bits per heavy atom. The Morgan fingerprint density at radius 1 is 1.48 bits per heavy atom. The van der Waals surface area contributed by atoms with Crippen LogP contribution in [0.3, 0.4) is 0 Å². The van der Waals surface area contributed by atoms with E-state index in [2.05, 4.69) is 9.88 Å². The molecule has 2 heterocycles. The van der Waals surface area contributed by atoms with E-state index in [-0.39, 0.29) is 5.91 Å². The van der Waals surface area contributed by atoms with Crippen LogP contribution in [0.25, 0.3) is 10.2 Å². The van der Waals surface area contributed by atoms with E-state index >= 15 is 0 Å². The SMILES string of the molecule is CC(=O)N1CCC(CN(C)c2nc3c(C(N)=O)cccc3s2)C1. The third-order valence-corrected chi connectivity index (χ3v) is 5.40. The largest absolute Gasteiger partial charge is 0.366 e. The molecule has 1 fully saturated rings. The van der Waals surface area contributed by atoms with Crippen LogP contribution in [0.2, 0.25) is 0 Å². The van der Waals surface area contributed by atoms with E-state index in [0.717, 1.165) is 35.9 Å². The summed E-state index contributed by atoms with van der Waals surface area (Å²) in [5.74, 6) is 0.135. The number of para-hydroxylation sites is 1. The lowest BCUT2D eigenvalue weighted by atomic mass is 10.1. The Hall–Kier alpha value is -2.15. The Balaban J connectivity index is 1.77. The van der Waals surface area contributed by atoms with Crippen molar-refractivity contribution in [3.05, 3.63) is 23.8 Å². The van der Waals surface area contributed by atoms with Crippen molar-refractivity contribution in [1.29, 1.82) is 0 Å². The van der Waals surface area contributed by atoms with E-state index in [4.69, 9.17) is 5.73 Å². The van der Waals surface area contributed by atoms with Gasteiger partial charge in [-0.2, -0.15) is 0 Å². The molecule has 0 saturated carbocycles. The monoisotopic (exact) mass is 332 g/mol. The van der Waals surface area contributed by atoms with Gasteiger partial charge < -0.3 is 15.5 Å². The number of rotatable bonds is 4. The number of anilines is 1. The number of carbonyl (C=O) groups is 2. The van der Waals surface area contributed by atoms with E-state index < -0.39 is 5.91 Å². The lowest BCUT2D eigenvalue weighted by Gasteiger charge is -2.20. The van der Waals surface area contributed by atoms with Crippen LogP contribution in [0.1, 0.15) is 23.7 Å². The molecule has 7 heteroatoms. The van der Waals surface area contributed by atoms with Gasteiger partial charge in [-0.15, -0.1) is 0 Å². The first kappa shape index (κ1) is 15.7. The van der Waals surface area contributed by atoms with Gasteiger partial charge in [0, 0.05) is 33.6 Å². The average molecular weight is 332 g/mol. The normalized spacial score (nSPS) is 17.7. The molecule has 6 nitrogen and oxygen atoms in total. The quantitative estimate of drug-likeness (QED) is 0.924. The smallest absolute Gasteiger partial charge is 0.250 e. The summed E-state index contributed by atoms with van der Waals surface area (Å²) in [5, 5.41) is 0.870. The Kier molecular flexibility index (Phi) is 4.21. The lowest BCUT2D eigenvalue weighted by molar-refractivity contribution is -0.127. The van der Waals surface area contributed by atoms with Crippen LogP contribution in [-0.2, 0) is 4.79 Å². The number of primary amides is 1. The minimum atomic E-state index is -0.456. The maximum atomic E-state index is 11.5. The minimum absolute atomic E-state index is 0.140. The molecule has 0 bridgehead atoms. The molecule has 1 aromatic carbocycles. The number of likely N-dealkylation sites (tertiary alicyclic amines) is 1. The fourth-order valence-electron chi connectivity index (χ4n) is 3.03. The molecule has 1 aliphatic rings. The second kappa shape index (κ2) is 6.16. The fourth-order valence-corrected chi connectivity index (χ4v) is 3.99. The van der Waals surface area contributed by atoms with Gasteiger partial charge in [-0.3, -0.25) is 9.59 Å². The van der Waals surface area contributed by atoms with Crippen molar-refractivity contribution in [2.75, 3.05) is 31.6 Å². The van der Waals surface area contributed by atoms with Crippen LogP contribution >= 0.6 is 11.3 Å². The molecule has 2 amide bonds. The number of hydrogen-bond donors (Lipinski definition) is 1. The molecule has 1 aromatic heterocycles. The summed E-state index contributed by atoms with van der Waals surface area (Å²) in [6.07, 6.45) is 1.02. The van der Waals surface area contributed by atoms with Crippen molar-refractivity contribution in [1.82, 2.24) is 9.88 Å². The summed E-state index contributed by atoms with van der Waals surface area (Å²) in [7, 11) is 2.00. The number of benzene rings is 1. The molecule has 2 N–H and O–H groups in total. The number of thiazole rings is 1. The first-order chi connectivity index (χ1) is 11.0. The molecule has 122 valence electrons. The van der Waals surface area contributed by atoms with Gasteiger partial charge in [0.2, 0.25) is 5.91 Å². The van der Waals surface area contributed by atoms with Crippen LogP contribution in [0.15, 0.2) is 18.2 Å². The topological polar surface area (TPSA) is 79.5 Å². The van der Waals surface area contributed by atoms with Crippen LogP contribution in [-0.4, -0.2) is 48.4 Å². The highest BCUT2D eigenvalue weighted by Crippen LogP contribution is 2.31. The van der Waals surface area contributed by atoms with E-state index in [0.29, 0.717) is 17.0 Å². The first-order valence-electron chi connectivity index (χ1n) is 7.61. The summed E-state index contributed by atoms with van der Waals surface area (Å²) >= 11 is 1.55. The summed E-state index contributed by atoms with van der Waals surface area (Å²) in [5.41, 5.74) is 6.55. The molecule has 2 aromatic rings. The predicted molar refractivity (Wildman–Crippen MR) is 91.8 cm³/mol. The number of nitrogens with zero attached hydrogens (tertiary/aromatic N) is 3. The second-order valence-electron chi connectivity index (χ2n) is 6.01. The highest BCUT2D eigenvalue weighted by molar-refractivity contribution is 7.22. The molecule has 1 atom stereocenters. The van der Waals surface area contributed by atoms with E-state index in [1.54, 1.807) is 24.3 Å². The summed E-state index contributed by atoms with van der Waals surface area (Å²) < 4.78 is 0.958. The molecule has 1 unspecified atom stereocenters. The predicted octanol–water partition coefficient (Wildman–Crippen LogP) is 1.70. The molecular formula is C16H20N4O2S. The van der Waals surface area contributed by atoms with Gasteiger partial charge in [-0.1, -0.05) is 17.4 Å². The highest BCUT2D eigenvalue weighted by atomic mass is 32.1. The van der Waals surface area contributed by atoms with Crippen molar-refractivity contribution in [2.24, 2.45) is 11.7 Å². The van der Waals surface area contributed by atoms with Crippen molar-refractivity contribution in [2.45, 2.75) is 13.3 Å². The van der Waals surface area contributed by atoms with Crippen molar-refractivity contribution in [3.63, 3.8) is 0 Å². The van der Waals surface area contributed by atoms with Crippen molar-refractivity contribution < 1.29 is 9.59 Å². The maximum Gasteiger partial charge on any atom is 0.250 e. The lowest BCUT2D eigenvalue weighted by Crippen LogP contribution is -2.30. The minimum Gasteiger partial charge on any atom is -0.366 e. The van der Waals surface area contributed by atoms with Crippen molar-refractivity contribution in [3.8, 4) is 0 Å². The first-order valence-corrected chi connectivity index (χ1v) is 8.43. The number of aromatic nitrogens is 1. The number of amides is 2. The molecular weight excluding hydrogens is 312 g/mol. The zero-order valence-electron chi connectivity index (χ0n) is 13.3. The van der Waals surface area contributed by atoms with Gasteiger partial charge in [-0.25, -0.2) is 4.98 Å². The number of hydrogen-bond acceptors (Lipinski definition) is 5. The number of fused-ring (bicyclic) bond motifs is 1. The Morgan fingerprint density at radius 2 is 2.26 bits per heavy atom. The van der Waals surface area contributed by atoms with Gasteiger partial charge in [0.15, 0.2) is 5.13 Å². The molecule has 0 aliphatic carbocycles. The molecule has 1 saturated heterocycles.